The van der Waals surface area contributed by atoms with Gasteiger partial charge < -0.3 is 19.8 Å². The summed E-state index contributed by atoms with van der Waals surface area (Å²) in [5, 5.41) is 18.6. The van der Waals surface area contributed by atoms with Crippen molar-refractivity contribution in [2.24, 2.45) is 0 Å². The molecule has 0 aliphatic rings. The van der Waals surface area contributed by atoms with Gasteiger partial charge in [0.1, 0.15) is 11.6 Å². The molecule has 0 aliphatic carbocycles. The lowest BCUT2D eigenvalue weighted by Crippen LogP contribution is -2.28. The van der Waals surface area contributed by atoms with Gasteiger partial charge in [-0.2, -0.15) is 4.98 Å². The average molecular weight is 266 g/mol. The van der Waals surface area contributed by atoms with Crippen molar-refractivity contribution in [1.29, 1.82) is 0 Å². The Morgan fingerprint density at radius 2 is 2.11 bits per heavy atom. The van der Waals surface area contributed by atoms with E-state index in [0.29, 0.717) is 24.6 Å². The molecule has 0 amide bonds. The summed E-state index contributed by atoms with van der Waals surface area (Å²) in [6, 6.07) is 3.53. The van der Waals surface area contributed by atoms with Crippen LogP contribution in [0.25, 0.3) is 5.76 Å². The van der Waals surface area contributed by atoms with Gasteiger partial charge in [-0.3, -0.25) is 0 Å². The second kappa shape index (κ2) is 7.63. The molecule has 0 saturated carbocycles. The van der Waals surface area contributed by atoms with Crippen molar-refractivity contribution in [2.75, 3.05) is 31.2 Å². The third-order valence-electron chi connectivity index (χ3n) is 2.62. The van der Waals surface area contributed by atoms with E-state index in [-0.39, 0.29) is 12.4 Å². The second-order valence-electron chi connectivity index (χ2n) is 4.11. The number of aliphatic hydroxyl groups is 2. The minimum absolute atomic E-state index is 0.0632. The first-order chi connectivity index (χ1) is 9.13. The van der Waals surface area contributed by atoms with Crippen molar-refractivity contribution >= 4 is 11.6 Å². The highest BCUT2D eigenvalue weighted by molar-refractivity contribution is 5.63. The van der Waals surface area contributed by atoms with Crippen LogP contribution in [0.5, 0.6) is 5.88 Å². The van der Waals surface area contributed by atoms with Gasteiger partial charge in [0.25, 0.3) is 0 Å². The average Bonchev–Trinajstić information content (AvgIpc) is 2.38. The van der Waals surface area contributed by atoms with Crippen LogP contribution in [0.3, 0.4) is 0 Å². The number of ether oxygens (including phenoxy) is 1. The van der Waals surface area contributed by atoms with E-state index in [0.717, 1.165) is 18.8 Å². The minimum Gasteiger partial charge on any atom is -0.508 e. The number of aliphatic hydroxyl groups excluding tert-OH is 2. The van der Waals surface area contributed by atoms with Crippen LogP contribution >= 0.6 is 0 Å². The minimum atomic E-state index is -0.0632. The summed E-state index contributed by atoms with van der Waals surface area (Å²) in [7, 11) is 0. The van der Waals surface area contributed by atoms with Crippen molar-refractivity contribution in [2.45, 2.75) is 20.3 Å². The number of rotatable bonds is 8. The molecule has 19 heavy (non-hydrogen) atoms. The first-order valence-corrected chi connectivity index (χ1v) is 6.51. The van der Waals surface area contributed by atoms with E-state index in [1.807, 2.05) is 11.8 Å². The monoisotopic (exact) mass is 266 g/mol. The summed E-state index contributed by atoms with van der Waals surface area (Å²) in [5.74, 6) is 1.03. The number of hydrogen-bond acceptors (Lipinski definition) is 5. The van der Waals surface area contributed by atoms with Gasteiger partial charge in [0, 0.05) is 13.1 Å². The van der Waals surface area contributed by atoms with Crippen molar-refractivity contribution < 1.29 is 14.9 Å². The number of anilines is 1. The Labute approximate surface area is 114 Å². The predicted octanol–water partition coefficient (Wildman–Crippen LogP) is 2.22. The zero-order valence-electron chi connectivity index (χ0n) is 11.6. The van der Waals surface area contributed by atoms with E-state index in [1.54, 1.807) is 12.1 Å². The van der Waals surface area contributed by atoms with Crippen LogP contribution in [-0.4, -0.2) is 41.5 Å². The topological polar surface area (TPSA) is 65.8 Å². The molecule has 0 bridgehead atoms. The Morgan fingerprint density at radius 1 is 1.37 bits per heavy atom. The fourth-order valence-corrected chi connectivity index (χ4v) is 1.80. The van der Waals surface area contributed by atoms with Gasteiger partial charge >= 0.3 is 0 Å². The fraction of sp³-hybridized carbons (Fsp3) is 0.500. The highest BCUT2D eigenvalue weighted by Crippen LogP contribution is 2.25. The Morgan fingerprint density at radius 3 is 2.63 bits per heavy atom. The maximum Gasteiger partial charge on any atom is 0.226 e. The van der Waals surface area contributed by atoms with Crippen LogP contribution in [-0.2, 0) is 0 Å². The van der Waals surface area contributed by atoms with Crippen LogP contribution in [0.15, 0.2) is 18.7 Å². The standard InChI is InChI=1S/C14H22N2O3/c1-4-8-16(9-10-17)13-7-6-12(11(3)18)14(15-13)19-5-2/h6-7,17-18H,3-5,8-10H2,1-2H3. The summed E-state index contributed by atoms with van der Waals surface area (Å²) in [4.78, 5) is 6.37. The summed E-state index contributed by atoms with van der Waals surface area (Å²) in [6.45, 7) is 9.28. The normalized spacial score (nSPS) is 10.3. The largest absolute Gasteiger partial charge is 0.508 e. The molecule has 0 atom stereocenters. The molecule has 0 unspecified atom stereocenters. The molecular formula is C14H22N2O3. The van der Waals surface area contributed by atoms with E-state index in [4.69, 9.17) is 9.84 Å². The van der Waals surface area contributed by atoms with Crippen molar-refractivity contribution in [3.63, 3.8) is 0 Å². The third kappa shape index (κ3) is 4.13. The molecule has 0 saturated heterocycles. The summed E-state index contributed by atoms with van der Waals surface area (Å²) in [5.41, 5.74) is 0.492. The number of pyridine rings is 1. The number of nitrogens with zero attached hydrogens (tertiary/aromatic N) is 2. The van der Waals surface area contributed by atoms with E-state index in [2.05, 4.69) is 18.5 Å². The maximum atomic E-state index is 9.50. The van der Waals surface area contributed by atoms with Crippen LogP contribution < -0.4 is 9.64 Å². The zero-order chi connectivity index (χ0) is 14.3. The Kier molecular flexibility index (Phi) is 6.15. The highest BCUT2D eigenvalue weighted by atomic mass is 16.5. The maximum absolute atomic E-state index is 9.50. The third-order valence-corrected chi connectivity index (χ3v) is 2.62. The molecule has 0 radical (unpaired) electrons. The van der Waals surface area contributed by atoms with Crippen LogP contribution in [0.1, 0.15) is 25.8 Å². The van der Waals surface area contributed by atoms with Crippen molar-refractivity contribution in [3.05, 3.63) is 24.3 Å². The van der Waals surface area contributed by atoms with Gasteiger partial charge in [0.2, 0.25) is 5.88 Å². The molecular weight excluding hydrogens is 244 g/mol. The molecule has 1 aromatic heterocycles. The second-order valence-corrected chi connectivity index (χ2v) is 4.11. The first kappa shape index (κ1) is 15.3. The molecule has 106 valence electrons. The summed E-state index contributed by atoms with van der Waals surface area (Å²) < 4.78 is 5.42. The van der Waals surface area contributed by atoms with Gasteiger partial charge in [-0.25, -0.2) is 0 Å². The summed E-state index contributed by atoms with van der Waals surface area (Å²) in [6.07, 6.45) is 0.958. The van der Waals surface area contributed by atoms with Crippen LogP contribution in [0.2, 0.25) is 0 Å². The Balaban J connectivity index is 3.07. The van der Waals surface area contributed by atoms with Gasteiger partial charge in [0.15, 0.2) is 0 Å². The van der Waals surface area contributed by atoms with Gasteiger partial charge in [0.05, 0.1) is 18.8 Å². The SMILES string of the molecule is C=C(O)c1ccc(N(CCC)CCO)nc1OCC. The highest BCUT2D eigenvalue weighted by Gasteiger charge is 2.13. The van der Waals surface area contributed by atoms with Crippen molar-refractivity contribution in [1.82, 2.24) is 4.98 Å². The van der Waals surface area contributed by atoms with Crippen LogP contribution in [0.4, 0.5) is 5.82 Å². The molecule has 1 aromatic rings. The van der Waals surface area contributed by atoms with E-state index in [9.17, 15) is 5.11 Å². The van der Waals surface area contributed by atoms with Crippen molar-refractivity contribution in [3.8, 4) is 5.88 Å². The molecule has 0 spiro atoms. The van der Waals surface area contributed by atoms with Gasteiger partial charge in [-0.1, -0.05) is 13.5 Å². The van der Waals surface area contributed by atoms with Gasteiger partial charge in [-0.05, 0) is 25.5 Å². The quantitative estimate of drug-likeness (QED) is 0.706. The summed E-state index contributed by atoms with van der Waals surface area (Å²) >= 11 is 0. The lowest BCUT2D eigenvalue weighted by molar-refractivity contribution is 0.300. The molecule has 1 heterocycles. The zero-order valence-corrected chi connectivity index (χ0v) is 11.6. The lowest BCUT2D eigenvalue weighted by Gasteiger charge is -2.23. The van der Waals surface area contributed by atoms with E-state index < -0.39 is 0 Å². The molecule has 5 heteroatoms. The molecule has 5 nitrogen and oxygen atoms in total. The number of aromatic nitrogens is 1. The fourth-order valence-electron chi connectivity index (χ4n) is 1.80. The Hall–Kier alpha value is -1.75. The smallest absolute Gasteiger partial charge is 0.226 e. The lowest BCUT2D eigenvalue weighted by atomic mass is 10.2. The Bertz CT molecular complexity index is 415. The molecule has 2 N–H and O–H groups in total. The molecule has 0 aromatic carbocycles. The first-order valence-electron chi connectivity index (χ1n) is 6.51. The number of hydrogen-bond donors (Lipinski definition) is 2. The molecule has 0 fully saturated rings. The molecule has 0 aliphatic heterocycles. The predicted molar refractivity (Wildman–Crippen MR) is 76.7 cm³/mol. The van der Waals surface area contributed by atoms with Gasteiger partial charge in [-0.15, -0.1) is 0 Å². The van der Waals surface area contributed by atoms with E-state index in [1.165, 1.54) is 0 Å². The molecule has 1 rings (SSSR count). The van der Waals surface area contributed by atoms with E-state index >= 15 is 0 Å². The van der Waals surface area contributed by atoms with Crippen LogP contribution in [0, 0.1) is 0 Å².